The molecule has 0 radical (unpaired) electrons. The van der Waals surface area contributed by atoms with Gasteiger partial charge >= 0.3 is 0 Å². The zero-order chi connectivity index (χ0) is 22.8. The minimum Gasteiger partial charge on any atom is -0.353 e. The maximum absolute atomic E-state index is 13.3. The highest BCUT2D eigenvalue weighted by Crippen LogP contribution is 2.39. The topological polar surface area (TPSA) is 80.5 Å². The first-order chi connectivity index (χ1) is 16.1. The van der Waals surface area contributed by atoms with E-state index in [1.54, 1.807) is 0 Å². The first-order valence-corrected chi connectivity index (χ1v) is 14.1. The van der Waals surface area contributed by atoms with E-state index in [1.165, 1.54) is 57.9 Å². The van der Waals surface area contributed by atoms with Gasteiger partial charge in [-0.25, -0.2) is 0 Å². The normalized spacial score (nSPS) is 44.8. The average molecular weight is 461 g/mol. The number of piperidine rings is 1. The van der Waals surface area contributed by atoms with Crippen molar-refractivity contribution in [3.63, 3.8) is 0 Å². The molecule has 0 aromatic rings. The van der Waals surface area contributed by atoms with Gasteiger partial charge < -0.3 is 15.5 Å². The van der Waals surface area contributed by atoms with Crippen molar-refractivity contribution in [3.05, 3.63) is 0 Å². The number of nitrogens with zero attached hydrogens (tertiary/aromatic N) is 1. The molecule has 3 aliphatic heterocycles. The van der Waals surface area contributed by atoms with Crippen LogP contribution in [0.25, 0.3) is 0 Å². The van der Waals surface area contributed by atoms with E-state index in [4.69, 9.17) is 0 Å². The lowest BCUT2D eigenvalue weighted by Crippen LogP contribution is -2.66. The molecule has 3 saturated heterocycles. The first-order valence-electron chi connectivity index (χ1n) is 14.1. The molecule has 9 atom stereocenters. The fourth-order valence-electron chi connectivity index (χ4n) is 7.66. The summed E-state index contributed by atoms with van der Waals surface area (Å²) in [6.45, 7) is 6.72. The Bertz CT molecular complexity index is 655. The molecule has 5 fully saturated rings. The summed E-state index contributed by atoms with van der Waals surface area (Å²) in [5, 5.41) is 18.5. The molecule has 0 aromatic carbocycles. The lowest BCUT2D eigenvalue weighted by atomic mass is 9.78. The number of hydrogen-bond donors (Lipinski definition) is 5. The first kappa shape index (κ1) is 24.0. The monoisotopic (exact) mass is 460 g/mol. The Kier molecular flexibility index (Phi) is 7.92. The van der Waals surface area contributed by atoms with Gasteiger partial charge in [0.2, 0.25) is 5.91 Å². The summed E-state index contributed by atoms with van der Waals surface area (Å²) >= 11 is 0. The summed E-state index contributed by atoms with van der Waals surface area (Å²) in [4.78, 5) is 15.8. The summed E-state index contributed by atoms with van der Waals surface area (Å²) < 4.78 is 0. The molecule has 0 aromatic heterocycles. The molecular formula is C26H48N6O. The van der Waals surface area contributed by atoms with E-state index in [1.807, 2.05) is 0 Å². The maximum Gasteiger partial charge on any atom is 0.224 e. The van der Waals surface area contributed by atoms with Gasteiger partial charge in [-0.15, -0.1) is 0 Å². The van der Waals surface area contributed by atoms with Gasteiger partial charge in [-0.05, 0) is 95.8 Å². The lowest BCUT2D eigenvalue weighted by Gasteiger charge is -2.43. The van der Waals surface area contributed by atoms with E-state index in [9.17, 15) is 4.79 Å². The fraction of sp³-hybridized carbons (Fsp3) is 0.962. The van der Waals surface area contributed by atoms with Crippen LogP contribution in [0.2, 0.25) is 0 Å². The number of carbonyl (C=O) groups is 1. The van der Waals surface area contributed by atoms with Gasteiger partial charge in [0.1, 0.15) is 6.29 Å². The third-order valence-electron chi connectivity index (χ3n) is 9.70. The molecule has 9 unspecified atom stereocenters. The number of rotatable bonds is 5. The van der Waals surface area contributed by atoms with E-state index in [0.717, 1.165) is 38.4 Å². The van der Waals surface area contributed by atoms with Crippen molar-refractivity contribution >= 4 is 5.91 Å². The van der Waals surface area contributed by atoms with Crippen molar-refractivity contribution in [2.24, 2.45) is 23.7 Å². The number of likely N-dealkylation sites (tertiary alicyclic amines) is 1. The standard InChI is InChI=1S/C26H48N6O/c1-17-9-10-19(29-25(33)21-16-32(2)24-8-4-3-7-20(21)24)14-23(17)31-26-28-13-11-22(30-26)18-6-5-12-27-15-18/h17-24,26-28,30-31H,3-16H2,1-2H3,(H,29,33). The molecule has 5 N–H and O–H groups in total. The van der Waals surface area contributed by atoms with Gasteiger partial charge in [0, 0.05) is 30.7 Å². The van der Waals surface area contributed by atoms with Crippen LogP contribution in [-0.4, -0.2) is 74.5 Å². The van der Waals surface area contributed by atoms with Crippen LogP contribution < -0.4 is 26.6 Å². The smallest absolute Gasteiger partial charge is 0.224 e. The molecule has 188 valence electrons. The second kappa shape index (κ2) is 10.9. The zero-order valence-electron chi connectivity index (χ0n) is 21.0. The number of nitrogens with one attached hydrogen (secondary N) is 5. The van der Waals surface area contributed by atoms with Gasteiger partial charge in [-0.3, -0.25) is 20.7 Å². The van der Waals surface area contributed by atoms with Crippen LogP contribution in [0.4, 0.5) is 0 Å². The van der Waals surface area contributed by atoms with Crippen LogP contribution in [0, 0.1) is 23.7 Å². The van der Waals surface area contributed by atoms with Crippen molar-refractivity contribution in [2.75, 3.05) is 33.2 Å². The summed E-state index contributed by atoms with van der Waals surface area (Å²) in [7, 11) is 2.22. The Balaban J connectivity index is 1.13. The molecule has 2 aliphatic carbocycles. The summed E-state index contributed by atoms with van der Waals surface area (Å²) in [6, 6.07) is 1.96. The zero-order valence-corrected chi connectivity index (χ0v) is 21.0. The maximum atomic E-state index is 13.3. The van der Waals surface area contributed by atoms with Crippen LogP contribution in [0.1, 0.15) is 71.1 Å². The van der Waals surface area contributed by atoms with E-state index in [0.29, 0.717) is 41.9 Å². The molecule has 7 nitrogen and oxygen atoms in total. The molecule has 2 saturated carbocycles. The largest absolute Gasteiger partial charge is 0.353 e. The highest BCUT2D eigenvalue weighted by Gasteiger charge is 2.45. The highest BCUT2D eigenvalue weighted by molar-refractivity contribution is 5.80. The van der Waals surface area contributed by atoms with Crippen LogP contribution in [0.5, 0.6) is 0 Å². The molecule has 5 rings (SSSR count). The fourth-order valence-corrected chi connectivity index (χ4v) is 7.66. The van der Waals surface area contributed by atoms with Crippen LogP contribution in [0.3, 0.4) is 0 Å². The second-order valence-corrected chi connectivity index (χ2v) is 11.9. The number of fused-ring (bicyclic) bond motifs is 1. The summed E-state index contributed by atoms with van der Waals surface area (Å²) in [5.41, 5.74) is 0. The van der Waals surface area contributed by atoms with Gasteiger partial charge in [0.15, 0.2) is 0 Å². The van der Waals surface area contributed by atoms with E-state index in [2.05, 4.69) is 45.5 Å². The predicted octanol–water partition coefficient (Wildman–Crippen LogP) is 1.60. The third-order valence-corrected chi connectivity index (χ3v) is 9.70. The highest BCUT2D eigenvalue weighted by atomic mass is 16.2. The van der Waals surface area contributed by atoms with Crippen LogP contribution in [-0.2, 0) is 4.79 Å². The molecule has 1 amide bonds. The number of amides is 1. The Morgan fingerprint density at radius 3 is 2.73 bits per heavy atom. The van der Waals surface area contributed by atoms with Gasteiger partial charge in [-0.1, -0.05) is 19.8 Å². The van der Waals surface area contributed by atoms with Crippen molar-refractivity contribution in [2.45, 2.75) is 102 Å². The van der Waals surface area contributed by atoms with Gasteiger partial charge in [-0.2, -0.15) is 0 Å². The summed E-state index contributed by atoms with van der Waals surface area (Å²) in [5.74, 6) is 2.47. The quantitative estimate of drug-likeness (QED) is 0.429. The molecule has 5 aliphatic rings. The Hall–Kier alpha value is -0.730. The number of hydrogen-bond acceptors (Lipinski definition) is 6. The molecule has 0 spiro atoms. The molecule has 33 heavy (non-hydrogen) atoms. The SMILES string of the molecule is CC1CCC(NC(=O)C2CN(C)C3CCCCC23)CC1NC1NCCC(C2CCCNC2)N1. The van der Waals surface area contributed by atoms with Gasteiger partial charge in [0.05, 0.1) is 5.92 Å². The predicted molar refractivity (Wildman–Crippen MR) is 133 cm³/mol. The lowest BCUT2D eigenvalue weighted by molar-refractivity contribution is -0.127. The molecular weight excluding hydrogens is 412 g/mol. The third kappa shape index (κ3) is 5.58. The van der Waals surface area contributed by atoms with E-state index >= 15 is 0 Å². The Morgan fingerprint density at radius 2 is 1.88 bits per heavy atom. The molecule has 7 heteroatoms. The summed E-state index contributed by atoms with van der Waals surface area (Å²) in [6.07, 6.45) is 12.5. The van der Waals surface area contributed by atoms with Crippen molar-refractivity contribution < 1.29 is 4.79 Å². The minimum absolute atomic E-state index is 0.180. The Labute approximate surface area is 201 Å². The average Bonchev–Trinajstić information content (AvgIpc) is 3.19. The second-order valence-electron chi connectivity index (χ2n) is 11.9. The van der Waals surface area contributed by atoms with E-state index < -0.39 is 0 Å². The van der Waals surface area contributed by atoms with Crippen molar-refractivity contribution in [3.8, 4) is 0 Å². The van der Waals surface area contributed by atoms with Crippen LogP contribution >= 0.6 is 0 Å². The Morgan fingerprint density at radius 1 is 1.00 bits per heavy atom. The van der Waals surface area contributed by atoms with Crippen LogP contribution in [0.15, 0.2) is 0 Å². The number of carbonyl (C=O) groups excluding carboxylic acids is 1. The van der Waals surface area contributed by atoms with Crippen molar-refractivity contribution in [1.29, 1.82) is 0 Å². The minimum atomic E-state index is 0.180. The molecule has 3 heterocycles. The van der Waals surface area contributed by atoms with E-state index in [-0.39, 0.29) is 12.2 Å². The van der Waals surface area contributed by atoms with Crippen molar-refractivity contribution in [1.82, 2.24) is 31.5 Å². The van der Waals surface area contributed by atoms with Gasteiger partial charge in [0.25, 0.3) is 0 Å². The molecule has 0 bridgehead atoms.